The second-order valence-electron chi connectivity index (χ2n) is 3.43. The highest BCUT2D eigenvalue weighted by atomic mass is 16.5. The summed E-state index contributed by atoms with van der Waals surface area (Å²) in [6.45, 7) is 3.61. The zero-order valence-corrected chi connectivity index (χ0v) is 9.39. The van der Waals surface area contributed by atoms with Crippen molar-refractivity contribution in [3.63, 3.8) is 0 Å². The summed E-state index contributed by atoms with van der Waals surface area (Å²) < 4.78 is 4.81. The molecular weight excluding hydrogens is 220 g/mol. The Morgan fingerprint density at radius 2 is 2.06 bits per heavy atom. The maximum atomic E-state index is 11.2. The number of carbonyl (C=O) groups excluding carboxylic acids is 1. The summed E-state index contributed by atoms with van der Waals surface area (Å²) in [6, 6.07) is 6.62. The molecule has 0 fully saturated rings. The molecule has 0 bridgehead atoms. The zero-order chi connectivity index (χ0) is 12.7. The number of esters is 1. The first-order valence-corrected chi connectivity index (χ1v) is 5.23. The first-order valence-electron chi connectivity index (χ1n) is 5.23. The number of hydrogen-bond acceptors (Lipinski definition) is 3. The molecule has 0 unspecified atom stereocenters. The predicted molar refractivity (Wildman–Crippen MR) is 62.9 cm³/mol. The molecule has 0 aliphatic heterocycles. The summed E-state index contributed by atoms with van der Waals surface area (Å²) in [6.07, 6.45) is 2.01. The maximum absolute atomic E-state index is 11.2. The Morgan fingerprint density at radius 1 is 1.35 bits per heavy atom. The van der Waals surface area contributed by atoms with E-state index in [1.165, 1.54) is 12.1 Å². The molecule has 0 saturated carbocycles. The lowest BCUT2D eigenvalue weighted by Gasteiger charge is -2.05. The van der Waals surface area contributed by atoms with E-state index in [0.717, 1.165) is 0 Å². The monoisotopic (exact) mass is 234 g/mol. The van der Waals surface area contributed by atoms with Crippen molar-refractivity contribution >= 4 is 11.9 Å². The van der Waals surface area contributed by atoms with Crippen LogP contribution in [-0.2, 0) is 16.0 Å². The SMILES string of the molecule is C=CCOC(=O)CCc1ccccc1C(=O)O. The van der Waals surface area contributed by atoms with Gasteiger partial charge in [-0.1, -0.05) is 30.9 Å². The van der Waals surface area contributed by atoms with Gasteiger partial charge in [0.2, 0.25) is 0 Å². The van der Waals surface area contributed by atoms with E-state index in [4.69, 9.17) is 9.84 Å². The molecule has 0 spiro atoms. The molecule has 4 nitrogen and oxygen atoms in total. The van der Waals surface area contributed by atoms with E-state index in [-0.39, 0.29) is 24.6 Å². The summed E-state index contributed by atoms with van der Waals surface area (Å²) in [5, 5.41) is 8.94. The second-order valence-corrected chi connectivity index (χ2v) is 3.43. The molecule has 90 valence electrons. The Kier molecular flexibility index (Phi) is 4.94. The number of ether oxygens (including phenoxy) is 1. The van der Waals surface area contributed by atoms with Crippen molar-refractivity contribution in [2.45, 2.75) is 12.8 Å². The lowest BCUT2D eigenvalue weighted by Crippen LogP contribution is -2.08. The second kappa shape index (κ2) is 6.48. The van der Waals surface area contributed by atoms with Crippen molar-refractivity contribution in [3.8, 4) is 0 Å². The van der Waals surface area contributed by atoms with E-state index >= 15 is 0 Å². The average molecular weight is 234 g/mol. The molecule has 0 aliphatic rings. The highest BCUT2D eigenvalue weighted by Gasteiger charge is 2.10. The van der Waals surface area contributed by atoms with E-state index in [1.807, 2.05) is 0 Å². The van der Waals surface area contributed by atoms with Crippen molar-refractivity contribution < 1.29 is 19.4 Å². The van der Waals surface area contributed by atoms with Gasteiger partial charge >= 0.3 is 11.9 Å². The van der Waals surface area contributed by atoms with Crippen molar-refractivity contribution in [2.75, 3.05) is 6.61 Å². The zero-order valence-electron chi connectivity index (χ0n) is 9.39. The van der Waals surface area contributed by atoms with Crippen LogP contribution >= 0.6 is 0 Å². The summed E-state index contributed by atoms with van der Waals surface area (Å²) >= 11 is 0. The summed E-state index contributed by atoms with van der Waals surface area (Å²) in [5.41, 5.74) is 0.861. The van der Waals surface area contributed by atoms with E-state index in [9.17, 15) is 9.59 Å². The minimum absolute atomic E-state index is 0.165. The molecule has 0 aliphatic carbocycles. The average Bonchev–Trinajstić information content (AvgIpc) is 2.34. The number of carboxylic acids is 1. The lowest BCUT2D eigenvalue weighted by atomic mass is 10.0. The molecule has 4 heteroatoms. The summed E-state index contributed by atoms with van der Waals surface area (Å²) in [7, 11) is 0. The van der Waals surface area contributed by atoms with Crippen LogP contribution in [0.4, 0.5) is 0 Å². The van der Waals surface area contributed by atoms with Crippen molar-refractivity contribution in [1.29, 1.82) is 0 Å². The van der Waals surface area contributed by atoms with Crippen LogP contribution in [0.5, 0.6) is 0 Å². The molecule has 0 radical (unpaired) electrons. The minimum atomic E-state index is -0.986. The van der Waals surface area contributed by atoms with E-state index < -0.39 is 5.97 Å². The number of carboxylic acid groups (broad SMARTS) is 1. The number of aryl methyl sites for hydroxylation is 1. The molecule has 1 rings (SSSR count). The van der Waals surface area contributed by atoms with E-state index in [0.29, 0.717) is 12.0 Å². The van der Waals surface area contributed by atoms with Gasteiger partial charge in [-0.2, -0.15) is 0 Å². The topological polar surface area (TPSA) is 63.6 Å². The molecule has 17 heavy (non-hydrogen) atoms. The molecule has 0 atom stereocenters. The van der Waals surface area contributed by atoms with E-state index in [1.54, 1.807) is 18.2 Å². The van der Waals surface area contributed by atoms with Gasteiger partial charge in [0, 0.05) is 6.42 Å². The molecule has 0 heterocycles. The highest BCUT2D eigenvalue weighted by Crippen LogP contribution is 2.11. The number of aromatic carboxylic acids is 1. The van der Waals surface area contributed by atoms with Gasteiger partial charge in [0.1, 0.15) is 6.61 Å². The van der Waals surface area contributed by atoms with Crippen LogP contribution in [0.15, 0.2) is 36.9 Å². The van der Waals surface area contributed by atoms with Crippen LogP contribution in [0.25, 0.3) is 0 Å². The van der Waals surface area contributed by atoms with Crippen LogP contribution in [0, 0.1) is 0 Å². The van der Waals surface area contributed by atoms with Crippen molar-refractivity contribution in [3.05, 3.63) is 48.0 Å². The number of rotatable bonds is 6. The molecular formula is C13H14O4. The Labute approximate surface area is 99.5 Å². The van der Waals surface area contributed by atoms with Crippen LogP contribution in [0.2, 0.25) is 0 Å². The lowest BCUT2D eigenvalue weighted by molar-refractivity contribution is -0.142. The molecule has 1 aromatic rings. The first kappa shape index (κ1) is 13.0. The Morgan fingerprint density at radius 3 is 2.71 bits per heavy atom. The molecule has 1 N–H and O–H groups in total. The van der Waals surface area contributed by atoms with Gasteiger partial charge < -0.3 is 9.84 Å². The third-order valence-electron chi connectivity index (χ3n) is 2.21. The normalized spacial score (nSPS) is 9.65. The fourth-order valence-corrected chi connectivity index (χ4v) is 1.41. The van der Waals surface area contributed by atoms with E-state index in [2.05, 4.69) is 6.58 Å². The van der Waals surface area contributed by atoms with Crippen molar-refractivity contribution in [2.24, 2.45) is 0 Å². The maximum Gasteiger partial charge on any atom is 0.335 e. The van der Waals surface area contributed by atoms with Crippen molar-refractivity contribution in [1.82, 2.24) is 0 Å². The predicted octanol–water partition coefficient (Wildman–Crippen LogP) is 2.05. The van der Waals surface area contributed by atoms with Gasteiger partial charge in [-0.3, -0.25) is 4.79 Å². The molecule has 0 saturated heterocycles. The number of carbonyl (C=O) groups is 2. The third kappa shape index (κ3) is 4.10. The summed E-state index contributed by atoms with van der Waals surface area (Å²) in [4.78, 5) is 22.1. The van der Waals surface area contributed by atoms with Gasteiger partial charge in [-0.15, -0.1) is 0 Å². The summed E-state index contributed by atoms with van der Waals surface area (Å²) in [5.74, 6) is -1.34. The molecule has 0 aromatic heterocycles. The number of benzene rings is 1. The largest absolute Gasteiger partial charge is 0.478 e. The standard InChI is InChI=1S/C13H14O4/c1-2-9-17-12(14)8-7-10-5-3-4-6-11(10)13(15)16/h2-6H,1,7-9H2,(H,15,16). The molecule has 1 aromatic carbocycles. The fourth-order valence-electron chi connectivity index (χ4n) is 1.41. The van der Waals surface area contributed by atoms with Gasteiger partial charge in [0.25, 0.3) is 0 Å². The Bertz CT molecular complexity index is 423. The highest BCUT2D eigenvalue weighted by molar-refractivity contribution is 5.89. The van der Waals surface area contributed by atoms with Gasteiger partial charge in [0.15, 0.2) is 0 Å². The van der Waals surface area contributed by atoms with Crippen LogP contribution in [-0.4, -0.2) is 23.7 Å². The minimum Gasteiger partial charge on any atom is -0.478 e. The molecule has 0 amide bonds. The van der Waals surface area contributed by atoms with Crippen LogP contribution < -0.4 is 0 Å². The smallest absolute Gasteiger partial charge is 0.335 e. The first-order chi connectivity index (χ1) is 8.15. The fraction of sp³-hybridized carbons (Fsp3) is 0.231. The van der Waals surface area contributed by atoms with Crippen LogP contribution in [0.1, 0.15) is 22.3 Å². The van der Waals surface area contributed by atoms with Gasteiger partial charge in [0.05, 0.1) is 5.56 Å². The Hall–Kier alpha value is -2.10. The third-order valence-corrected chi connectivity index (χ3v) is 2.21. The van der Waals surface area contributed by atoms with Crippen LogP contribution in [0.3, 0.4) is 0 Å². The van der Waals surface area contributed by atoms with Gasteiger partial charge in [-0.05, 0) is 18.1 Å². The quantitative estimate of drug-likeness (QED) is 0.604. The Balaban J connectivity index is 2.60. The van der Waals surface area contributed by atoms with Gasteiger partial charge in [-0.25, -0.2) is 4.79 Å². The number of hydrogen-bond donors (Lipinski definition) is 1.